The third kappa shape index (κ3) is 6.84. The topological polar surface area (TPSA) is 58.6 Å². The molecular weight excluding hydrogens is 280 g/mol. The third-order valence-corrected chi connectivity index (χ3v) is 2.41. The van der Waals surface area contributed by atoms with Crippen molar-refractivity contribution in [3.05, 3.63) is 35.4 Å². The Labute approximate surface area is 122 Å². The number of ether oxygens (including phenoxy) is 1. The van der Waals surface area contributed by atoms with E-state index in [9.17, 15) is 13.6 Å². The molecule has 4 nitrogen and oxygen atoms in total. The quantitative estimate of drug-likeness (QED) is 0.591. The molecule has 1 rings (SSSR count). The van der Waals surface area contributed by atoms with Crippen molar-refractivity contribution in [3.8, 4) is 11.8 Å². The average Bonchev–Trinajstić information content (AvgIpc) is 2.47. The highest BCUT2D eigenvalue weighted by Crippen LogP contribution is 2.07. The highest BCUT2D eigenvalue weighted by atomic mass is 19.3. The van der Waals surface area contributed by atoms with Gasteiger partial charge in [-0.25, -0.2) is 8.78 Å². The number of benzene rings is 1. The molecule has 6 heteroatoms. The first-order valence-electron chi connectivity index (χ1n) is 6.48. The van der Waals surface area contributed by atoms with E-state index in [-0.39, 0.29) is 25.7 Å². The van der Waals surface area contributed by atoms with E-state index >= 15 is 0 Å². The van der Waals surface area contributed by atoms with Crippen LogP contribution in [0.2, 0.25) is 0 Å². The van der Waals surface area contributed by atoms with Crippen LogP contribution in [0.1, 0.15) is 22.3 Å². The Morgan fingerprint density at radius 3 is 2.86 bits per heavy atom. The van der Waals surface area contributed by atoms with Gasteiger partial charge in [0.15, 0.2) is 0 Å². The van der Waals surface area contributed by atoms with Gasteiger partial charge in [-0.1, -0.05) is 24.0 Å². The van der Waals surface area contributed by atoms with Crippen LogP contribution in [0.5, 0.6) is 0 Å². The summed E-state index contributed by atoms with van der Waals surface area (Å²) >= 11 is 0. The van der Waals surface area contributed by atoms with Crippen molar-refractivity contribution in [2.45, 2.75) is 12.8 Å². The summed E-state index contributed by atoms with van der Waals surface area (Å²) in [5.74, 6) is 5.21. The van der Waals surface area contributed by atoms with E-state index < -0.39 is 13.0 Å². The van der Waals surface area contributed by atoms with E-state index in [2.05, 4.69) is 21.9 Å². The van der Waals surface area contributed by atoms with Crippen molar-refractivity contribution in [2.24, 2.45) is 0 Å². The Hall–Kier alpha value is -1.97. The minimum absolute atomic E-state index is 0.0223. The Bertz CT molecular complexity index is 509. The largest absolute Gasteiger partial charge is 0.395 e. The lowest BCUT2D eigenvalue weighted by Gasteiger charge is -2.07. The summed E-state index contributed by atoms with van der Waals surface area (Å²) < 4.78 is 28.4. The summed E-state index contributed by atoms with van der Waals surface area (Å²) in [4.78, 5) is 12.0. The zero-order valence-electron chi connectivity index (χ0n) is 11.4. The Kier molecular flexibility index (Phi) is 8.02. The second-order valence-corrected chi connectivity index (χ2v) is 4.04. The number of amides is 1. The van der Waals surface area contributed by atoms with Crippen LogP contribution in [-0.4, -0.2) is 43.8 Å². The predicted octanol–water partition coefficient (Wildman–Crippen LogP) is 1.43. The van der Waals surface area contributed by atoms with Gasteiger partial charge in [-0.2, -0.15) is 0 Å². The summed E-state index contributed by atoms with van der Waals surface area (Å²) in [6.07, 6.45) is -2.18. The number of rotatable bonds is 7. The van der Waals surface area contributed by atoms with Gasteiger partial charge in [0.2, 0.25) is 0 Å². The molecule has 0 saturated heterocycles. The Morgan fingerprint density at radius 2 is 2.14 bits per heavy atom. The van der Waals surface area contributed by atoms with E-state index in [0.29, 0.717) is 17.5 Å². The van der Waals surface area contributed by atoms with Crippen molar-refractivity contribution in [1.82, 2.24) is 5.32 Å². The number of carbonyl (C=O) groups is 1. The Morgan fingerprint density at radius 1 is 1.38 bits per heavy atom. The molecule has 21 heavy (non-hydrogen) atoms. The zero-order valence-corrected chi connectivity index (χ0v) is 11.4. The monoisotopic (exact) mass is 297 g/mol. The van der Waals surface area contributed by atoms with Crippen molar-refractivity contribution >= 4 is 5.91 Å². The third-order valence-electron chi connectivity index (χ3n) is 2.41. The van der Waals surface area contributed by atoms with Gasteiger partial charge in [-0.3, -0.25) is 4.79 Å². The van der Waals surface area contributed by atoms with Crippen LogP contribution in [0, 0.1) is 11.8 Å². The number of aliphatic hydroxyl groups is 1. The summed E-state index contributed by atoms with van der Waals surface area (Å²) in [7, 11) is 0. The van der Waals surface area contributed by atoms with Gasteiger partial charge >= 0.3 is 0 Å². The number of halogens is 2. The summed E-state index contributed by atoms with van der Waals surface area (Å²) in [6.45, 7) is -0.514. The molecule has 0 heterocycles. The maximum absolute atomic E-state index is 12.0. The minimum atomic E-state index is -2.51. The van der Waals surface area contributed by atoms with Crippen LogP contribution in [0.25, 0.3) is 0 Å². The lowest BCUT2D eigenvalue weighted by molar-refractivity contribution is 0.0188. The molecule has 1 aromatic rings. The summed E-state index contributed by atoms with van der Waals surface area (Å²) in [5.41, 5.74) is 0.953. The van der Waals surface area contributed by atoms with Crippen LogP contribution in [0.15, 0.2) is 24.3 Å². The number of hydrogen-bond acceptors (Lipinski definition) is 3. The van der Waals surface area contributed by atoms with Crippen LogP contribution in [0.3, 0.4) is 0 Å². The smallest absolute Gasteiger partial charge is 0.261 e. The van der Waals surface area contributed by atoms with Crippen LogP contribution < -0.4 is 5.32 Å². The SMILES string of the molecule is O=C(NCCOCC(F)F)c1ccccc1C#CCCO. The summed E-state index contributed by atoms with van der Waals surface area (Å²) in [6, 6.07) is 6.79. The molecule has 0 aliphatic heterocycles. The van der Waals surface area contributed by atoms with E-state index in [1.54, 1.807) is 24.3 Å². The van der Waals surface area contributed by atoms with Gasteiger partial charge in [0.25, 0.3) is 12.3 Å². The molecule has 114 valence electrons. The fourth-order valence-corrected chi connectivity index (χ4v) is 1.51. The number of nitrogens with one attached hydrogen (secondary N) is 1. The molecule has 1 amide bonds. The maximum Gasteiger partial charge on any atom is 0.261 e. The summed E-state index contributed by atoms with van der Waals surface area (Å²) in [5, 5.41) is 11.3. The number of hydrogen-bond donors (Lipinski definition) is 2. The van der Waals surface area contributed by atoms with Crippen molar-refractivity contribution in [3.63, 3.8) is 0 Å². The maximum atomic E-state index is 12.0. The number of carbonyl (C=O) groups excluding carboxylic acids is 1. The average molecular weight is 297 g/mol. The van der Waals surface area contributed by atoms with Gasteiger partial charge in [0.1, 0.15) is 6.61 Å². The normalized spacial score (nSPS) is 10.1. The van der Waals surface area contributed by atoms with Gasteiger partial charge in [0.05, 0.1) is 18.8 Å². The highest BCUT2D eigenvalue weighted by molar-refractivity contribution is 5.96. The van der Waals surface area contributed by atoms with Gasteiger partial charge < -0.3 is 15.2 Å². The van der Waals surface area contributed by atoms with Crippen molar-refractivity contribution < 1.29 is 23.4 Å². The molecule has 0 aromatic heterocycles. The number of alkyl halides is 2. The fraction of sp³-hybridized carbons (Fsp3) is 0.400. The number of aliphatic hydroxyl groups excluding tert-OH is 1. The van der Waals surface area contributed by atoms with Crippen LogP contribution in [-0.2, 0) is 4.74 Å². The van der Waals surface area contributed by atoms with Gasteiger partial charge in [-0.05, 0) is 12.1 Å². The van der Waals surface area contributed by atoms with Crippen LogP contribution in [0.4, 0.5) is 8.78 Å². The Balaban J connectivity index is 2.52. The molecule has 0 saturated carbocycles. The second kappa shape index (κ2) is 9.86. The molecule has 0 aliphatic carbocycles. The van der Waals surface area contributed by atoms with Crippen molar-refractivity contribution in [2.75, 3.05) is 26.4 Å². The van der Waals surface area contributed by atoms with Gasteiger partial charge in [-0.15, -0.1) is 0 Å². The lowest BCUT2D eigenvalue weighted by atomic mass is 10.1. The van der Waals surface area contributed by atoms with Crippen LogP contribution >= 0.6 is 0 Å². The molecule has 1 aromatic carbocycles. The molecule has 0 atom stereocenters. The highest BCUT2D eigenvalue weighted by Gasteiger charge is 2.09. The fourth-order valence-electron chi connectivity index (χ4n) is 1.51. The molecule has 0 bridgehead atoms. The second-order valence-electron chi connectivity index (χ2n) is 4.04. The molecular formula is C15H17F2NO3. The lowest BCUT2D eigenvalue weighted by Crippen LogP contribution is -2.28. The molecule has 0 unspecified atom stereocenters. The first kappa shape index (κ1) is 17.1. The molecule has 0 fully saturated rings. The predicted molar refractivity (Wildman–Crippen MR) is 74.2 cm³/mol. The first-order valence-corrected chi connectivity index (χ1v) is 6.48. The molecule has 2 N–H and O–H groups in total. The standard InChI is InChI=1S/C15H17F2NO3/c16-14(17)11-21-10-8-18-15(20)13-7-2-1-5-12(13)6-3-4-9-19/h1-2,5,7,14,19H,4,8-11H2,(H,18,20). The first-order chi connectivity index (χ1) is 10.1. The zero-order chi connectivity index (χ0) is 15.5. The van der Waals surface area contributed by atoms with Crippen molar-refractivity contribution in [1.29, 1.82) is 0 Å². The van der Waals surface area contributed by atoms with E-state index in [0.717, 1.165) is 0 Å². The van der Waals surface area contributed by atoms with E-state index in [1.807, 2.05) is 0 Å². The minimum Gasteiger partial charge on any atom is -0.395 e. The molecule has 0 radical (unpaired) electrons. The molecule has 0 aliphatic rings. The van der Waals surface area contributed by atoms with E-state index in [1.165, 1.54) is 0 Å². The van der Waals surface area contributed by atoms with E-state index in [4.69, 9.17) is 5.11 Å². The van der Waals surface area contributed by atoms with Gasteiger partial charge in [0, 0.05) is 18.5 Å². The molecule has 0 spiro atoms.